The maximum Gasteiger partial charge on any atom is 0.219 e. The SMILES string of the molecule is CC(=O)N1CCN(c2cccc(F)c2CNC2CC2)CC1. The van der Waals surface area contributed by atoms with Crippen molar-refractivity contribution in [3.63, 3.8) is 0 Å². The average molecular weight is 291 g/mol. The first-order valence-corrected chi connectivity index (χ1v) is 7.66. The lowest BCUT2D eigenvalue weighted by molar-refractivity contribution is -0.129. The summed E-state index contributed by atoms with van der Waals surface area (Å²) in [5.41, 5.74) is 1.71. The summed E-state index contributed by atoms with van der Waals surface area (Å²) >= 11 is 0. The van der Waals surface area contributed by atoms with Gasteiger partial charge >= 0.3 is 0 Å². The molecule has 2 aliphatic rings. The molecule has 1 amide bonds. The highest BCUT2D eigenvalue weighted by Crippen LogP contribution is 2.26. The number of nitrogens with zero attached hydrogens (tertiary/aromatic N) is 2. The first-order valence-electron chi connectivity index (χ1n) is 7.66. The third-order valence-corrected chi connectivity index (χ3v) is 4.30. The molecule has 1 saturated carbocycles. The summed E-state index contributed by atoms with van der Waals surface area (Å²) in [5.74, 6) is -0.0286. The van der Waals surface area contributed by atoms with Crippen molar-refractivity contribution in [2.24, 2.45) is 0 Å². The molecule has 1 aliphatic carbocycles. The van der Waals surface area contributed by atoms with E-state index < -0.39 is 0 Å². The lowest BCUT2D eigenvalue weighted by atomic mass is 10.1. The van der Waals surface area contributed by atoms with Crippen molar-refractivity contribution in [1.29, 1.82) is 0 Å². The second-order valence-corrected chi connectivity index (χ2v) is 5.89. The summed E-state index contributed by atoms with van der Waals surface area (Å²) in [7, 11) is 0. The van der Waals surface area contributed by atoms with Gasteiger partial charge in [-0.3, -0.25) is 4.79 Å². The predicted molar refractivity (Wildman–Crippen MR) is 80.7 cm³/mol. The Labute approximate surface area is 124 Å². The number of halogens is 1. The Kier molecular flexibility index (Phi) is 4.10. The maximum atomic E-state index is 14.1. The Morgan fingerprint density at radius 1 is 1.29 bits per heavy atom. The van der Waals surface area contributed by atoms with E-state index in [9.17, 15) is 9.18 Å². The second-order valence-electron chi connectivity index (χ2n) is 5.89. The molecule has 1 saturated heterocycles. The molecule has 0 aromatic heterocycles. The van der Waals surface area contributed by atoms with E-state index in [1.54, 1.807) is 13.0 Å². The molecule has 2 fully saturated rings. The summed E-state index contributed by atoms with van der Waals surface area (Å²) in [5, 5.41) is 3.39. The summed E-state index contributed by atoms with van der Waals surface area (Å²) in [6, 6.07) is 5.84. The predicted octanol–water partition coefficient (Wildman–Crippen LogP) is 1.75. The molecule has 5 heteroatoms. The van der Waals surface area contributed by atoms with Crippen molar-refractivity contribution in [2.75, 3.05) is 31.1 Å². The molecule has 1 aliphatic heterocycles. The summed E-state index contributed by atoms with van der Waals surface area (Å²) < 4.78 is 14.1. The zero-order valence-corrected chi connectivity index (χ0v) is 12.4. The van der Waals surface area contributed by atoms with Crippen molar-refractivity contribution in [3.05, 3.63) is 29.6 Å². The topological polar surface area (TPSA) is 35.6 Å². The van der Waals surface area contributed by atoms with Gasteiger partial charge < -0.3 is 15.1 Å². The molecule has 4 nitrogen and oxygen atoms in total. The van der Waals surface area contributed by atoms with Crippen LogP contribution in [0.1, 0.15) is 25.3 Å². The molecule has 0 radical (unpaired) electrons. The second kappa shape index (κ2) is 6.02. The quantitative estimate of drug-likeness (QED) is 0.918. The van der Waals surface area contributed by atoms with E-state index in [1.165, 1.54) is 18.9 Å². The van der Waals surface area contributed by atoms with Crippen molar-refractivity contribution in [1.82, 2.24) is 10.2 Å². The highest BCUT2D eigenvalue weighted by Gasteiger charge is 2.24. The molecule has 0 atom stereocenters. The summed E-state index contributed by atoms with van der Waals surface area (Å²) in [6.07, 6.45) is 2.39. The minimum atomic E-state index is -0.144. The number of anilines is 1. The lowest BCUT2D eigenvalue weighted by Crippen LogP contribution is -2.48. The van der Waals surface area contributed by atoms with Gasteiger partial charge in [-0.25, -0.2) is 4.39 Å². The van der Waals surface area contributed by atoms with Crippen LogP contribution in [0.15, 0.2) is 18.2 Å². The zero-order chi connectivity index (χ0) is 14.8. The van der Waals surface area contributed by atoms with Gasteiger partial charge in [-0.1, -0.05) is 6.07 Å². The Balaban J connectivity index is 1.72. The number of carbonyl (C=O) groups is 1. The Bertz CT molecular complexity index is 522. The van der Waals surface area contributed by atoms with Gasteiger partial charge in [0.2, 0.25) is 5.91 Å². The fraction of sp³-hybridized carbons (Fsp3) is 0.562. The number of nitrogens with one attached hydrogen (secondary N) is 1. The Morgan fingerprint density at radius 2 is 2.00 bits per heavy atom. The van der Waals surface area contributed by atoms with Gasteiger partial charge in [0.25, 0.3) is 0 Å². The van der Waals surface area contributed by atoms with Crippen LogP contribution >= 0.6 is 0 Å². The fourth-order valence-corrected chi connectivity index (χ4v) is 2.81. The van der Waals surface area contributed by atoms with Crippen LogP contribution in [0.3, 0.4) is 0 Å². The minimum absolute atomic E-state index is 0.115. The Hall–Kier alpha value is -1.62. The first kappa shape index (κ1) is 14.3. The number of benzene rings is 1. The summed E-state index contributed by atoms with van der Waals surface area (Å²) in [6.45, 7) is 5.13. The van der Waals surface area contributed by atoms with Crippen molar-refractivity contribution in [2.45, 2.75) is 32.4 Å². The van der Waals surface area contributed by atoms with Crippen LogP contribution < -0.4 is 10.2 Å². The monoisotopic (exact) mass is 291 g/mol. The van der Waals surface area contributed by atoms with Gasteiger partial charge in [0, 0.05) is 56.9 Å². The molecule has 0 spiro atoms. The van der Waals surface area contributed by atoms with Crippen LogP contribution in [0.2, 0.25) is 0 Å². The van der Waals surface area contributed by atoms with E-state index in [4.69, 9.17) is 0 Å². The highest BCUT2D eigenvalue weighted by atomic mass is 19.1. The smallest absolute Gasteiger partial charge is 0.219 e. The van der Waals surface area contributed by atoms with Gasteiger partial charge in [-0.15, -0.1) is 0 Å². The van der Waals surface area contributed by atoms with Crippen LogP contribution in [0.4, 0.5) is 10.1 Å². The molecule has 3 rings (SSSR count). The van der Waals surface area contributed by atoms with E-state index in [0.717, 1.165) is 24.3 Å². The van der Waals surface area contributed by atoms with Crippen LogP contribution in [-0.2, 0) is 11.3 Å². The third kappa shape index (κ3) is 3.35. The molecule has 114 valence electrons. The molecule has 1 N–H and O–H groups in total. The number of rotatable bonds is 4. The van der Waals surface area contributed by atoms with Crippen LogP contribution in [0.25, 0.3) is 0 Å². The molecule has 1 heterocycles. The van der Waals surface area contributed by atoms with Crippen LogP contribution in [0.5, 0.6) is 0 Å². The van der Waals surface area contributed by atoms with Crippen LogP contribution in [-0.4, -0.2) is 43.0 Å². The lowest BCUT2D eigenvalue weighted by Gasteiger charge is -2.36. The number of hydrogen-bond donors (Lipinski definition) is 1. The first-order chi connectivity index (χ1) is 10.1. The largest absolute Gasteiger partial charge is 0.368 e. The molecule has 0 bridgehead atoms. The van der Waals surface area contributed by atoms with E-state index in [-0.39, 0.29) is 11.7 Å². The molecule has 0 unspecified atom stereocenters. The maximum absolute atomic E-state index is 14.1. The molecule has 1 aromatic carbocycles. The van der Waals surface area contributed by atoms with E-state index in [1.807, 2.05) is 11.0 Å². The average Bonchev–Trinajstić information content (AvgIpc) is 3.30. The third-order valence-electron chi connectivity index (χ3n) is 4.30. The van der Waals surface area contributed by atoms with Crippen molar-refractivity contribution < 1.29 is 9.18 Å². The van der Waals surface area contributed by atoms with Gasteiger partial charge in [0.05, 0.1) is 0 Å². The van der Waals surface area contributed by atoms with Crippen molar-refractivity contribution >= 4 is 11.6 Å². The normalized spacial score (nSPS) is 19.0. The van der Waals surface area contributed by atoms with E-state index >= 15 is 0 Å². The molecular formula is C16H22FN3O. The molecular weight excluding hydrogens is 269 g/mol. The van der Waals surface area contributed by atoms with E-state index in [2.05, 4.69) is 10.2 Å². The highest BCUT2D eigenvalue weighted by molar-refractivity contribution is 5.73. The number of hydrogen-bond acceptors (Lipinski definition) is 3. The van der Waals surface area contributed by atoms with Crippen LogP contribution in [0, 0.1) is 5.82 Å². The fourth-order valence-electron chi connectivity index (χ4n) is 2.81. The van der Waals surface area contributed by atoms with Gasteiger partial charge in [-0.05, 0) is 25.0 Å². The van der Waals surface area contributed by atoms with Gasteiger partial charge in [0.15, 0.2) is 0 Å². The standard InChI is InChI=1S/C16H22FN3O/c1-12(21)19-7-9-20(10-8-19)16-4-2-3-15(17)14(16)11-18-13-5-6-13/h2-4,13,18H,5-11H2,1H3. The minimum Gasteiger partial charge on any atom is -0.368 e. The van der Waals surface area contributed by atoms with Crippen molar-refractivity contribution in [3.8, 4) is 0 Å². The number of carbonyl (C=O) groups excluding carboxylic acids is 1. The molecule has 21 heavy (non-hydrogen) atoms. The number of piperazine rings is 1. The van der Waals surface area contributed by atoms with Gasteiger partial charge in [0.1, 0.15) is 5.82 Å². The number of amides is 1. The summed E-state index contributed by atoms with van der Waals surface area (Å²) in [4.78, 5) is 15.4. The zero-order valence-electron chi connectivity index (χ0n) is 12.4. The molecule has 1 aromatic rings. The Morgan fingerprint density at radius 3 is 2.62 bits per heavy atom. The van der Waals surface area contributed by atoms with Gasteiger partial charge in [-0.2, -0.15) is 0 Å². The van der Waals surface area contributed by atoms with E-state index in [0.29, 0.717) is 25.7 Å².